The van der Waals surface area contributed by atoms with Gasteiger partial charge in [0.1, 0.15) is 17.2 Å². The highest BCUT2D eigenvalue weighted by Crippen LogP contribution is 2.31. The minimum Gasteiger partial charge on any atom is -0.385 e. The van der Waals surface area contributed by atoms with Crippen molar-refractivity contribution < 1.29 is 22.7 Å². The number of aromatic nitrogens is 6. The first kappa shape index (κ1) is 27.6. The van der Waals surface area contributed by atoms with Crippen LogP contribution in [0.2, 0.25) is 0 Å². The number of imidazole rings is 1. The van der Waals surface area contributed by atoms with Crippen LogP contribution >= 0.6 is 0 Å². The molecular formula is C28H28F3N9O2. The van der Waals surface area contributed by atoms with Crippen molar-refractivity contribution >= 4 is 23.6 Å². The van der Waals surface area contributed by atoms with Gasteiger partial charge in [0, 0.05) is 64.7 Å². The number of rotatable bonds is 8. The molecule has 0 radical (unpaired) electrons. The first-order valence-electron chi connectivity index (χ1n) is 13.5. The van der Waals surface area contributed by atoms with Crippen LogP contribution in [0.3, 0.4) is 0 Å². The molecule has 6 rings (SSSR count). The Bertz CT molecular complexity index is 1660. The van der Waals surface area contributed by atoms with E-state index in [9.17, 15) is 18.0 Å². The lowest BCUT2D eigenvalue weighted by Gasteiger charge is -2.42. The maximum absolute atomic E-state index is 13.6. The lowest BCUT2D eigenvalue weighted by atomic mass is 10.0. The largest absolute Gasteiger partial charge is 0.417 e. The molecule has 4 aromatic heterocycles. The summed E-state index contributed by atoms with van der Waals surface area (Å²) in [5.74, 6) is 0.728. The van der Waals surface area contributed by atoms with Crippen LogP contribution in [0.15, 0.2) is 65.8 Å². The molecule has 218 valence electrons. The van der Waals surface area contributed by atoms with Gasteiger partial charge in [0.2, 0.25) is 0 Å². The van der Waals surface area contributed by atoms with E-state index in [2.05, 4.69) is 20.1 Å². The number of amides is 1. The van der Waals surface area contributed by atoms with Gasteiger partial charge in [-0.15, -0.1) is 0 Å². The Balaban J connectivity index is 1.25. The Labute approximate surface area is 239 Å². The van der Waals surface area contributed by atoms with Crippen LogP contribution in [-0.2, 0) is 17.5 Å². The minimum atomic E-state index is -4.49. The van der Waals surface area contributed by atoms with Crippen molar-refractivity contribution in [1.82, 2.24) is 34.0 Å². The Morgan fingerprint density at radius 2 is 2.00 bits per heavy atom. The molecule has 1 amide bonds. The lowest BCUT2D eigenvalue weighted by Crippen LogP contribution is -2.56. The van der Waals surface area contributed by atoms with Crippen molar-refractivity contribution in [3.63, 3.8) is 0 Å². The smallest absolute Gasteiger partial charge is 0.385 e. The Kier molecular flexibility index (Phi) is 7.45. The van der Waals surface area contributed by atoms with Gasteiger partial charge in [-0.05, 0) is 30.2 Å². The van der Waals surface area contributed by atoms with E-state index in [0.29, 0.717) is 62.1 Å². The van der Waals surface area contributed by atoms with E-state index in [1.165, 1.54) is 16.7 Å². The molecule has 0 aromatic carbocycles. The number of anilines is 1. The Hall–Kier alpha value is -4.59. The predicted molar refractivity (Wildman–Crippen MR) is 148 cm³/mol. The first-order valence-corrected chi connectivity index (χ1v) is 13.5. The van der Waals surface area contributed by atoms with Crippen molar-refractivity contribution in [3.8, 4) is 11.5 Å². The van der Waals surface area contributed by atoms with Gasteiger partial charge in [-0.1, -0.05) is 6.08 Å². The number of aryl methyl sites for hydroxylation is 1. The molecule has 1 fully saturated rings. The van der Waals surface area contributed by atoms with Gasteiger partial charge in [0.15, 0.2) is 5.82 Å². The average Bonchev–Trinajstić information content (AvgIpc) is 3.77. The quantitative estimate of drug-likeness (QED) is 0.295. The number of halogens is 3. The van der Waals surface area contributed by atoms with E-state index >= 15 is 0 Å². The second kappa shape index (κ2) is 11.4. The topological polar surface area (TPSA) is 106 Å². The number of methoxy groups -OCH3 is 1. The van der Waals surface area contributed by atoms with Gasteiger partial charge in [-0.25, -0.2) is 15.0 Å². The van der Waals surface area contributed by atoms with Gasteiger partial charge in [0.05, 0.1) is 36.1 Å². The Morgan fingerprint density at radius 1 is 1.12 bits per heavy atom. The average molecular weight is 580 g/mol. The summed E-state index contributed by atoms with van der Waals surface area (Å²) >= 11 is 0. The van der Waals surface area contributed by atoms with Crippen molar-refractivity contribution in [1.29, 1.82) is 0 Å². The van der Waals surface area contributed by atoms with E-state index in [4.69, 9.17) is 9.72 Å². The number of fused-ring (bicyclic) bond motifs is 1. The summed E-state index contributed by atoms with van der Waals surface area (Å²) in [4.78, 5) is 35.1. The third kappa shape index (κ3) is 5.49. The molecule has 6 heterocycles. The molecule has 0 N–H and O–H groups in total. The standard InChI is InChI=1S/C28H28F3N9O2/c1-42-12-2-9-38-16-20(14-35-38)27(41)39-11-10-37(18-23(39)19-5-7-32-13-19)25-6-8-33-26(36-25)22-15-34-24-4-3-21(17-40(22)24)28(29,30)31/h3-6,8,13-17,23H,2,7,9-12,18H2,1H3. The normalized spacial score (nSPS) is 17.3. The summed E-state index contributed by atoms with van der Waals surface area (Å²) in [6.45, 7) is 3.18. The zero-order chi connectivity index (χ0) is 29.3. The molecule has 42 heavy (non-hydrogen) atoms. The van der Waals surface area contributed by atoms with E-state index in [0.717, 1.165) is 24.3 Å². The zero-order valence-electron chi connectivity index (χ0n) is 22.8. The highest BCUT2D eigenvalue weighted by molar-refractivity contribution is 5.95. The molecule has 11 nitrogen and oxygen atoms in total. The summed E-state index contributed by atoms with van der Waals surface area (Å²) < 4.78 is 48.3. The van der Waals surface area contributed by atoms with Crippen LogP contribution in [-0.4, -0.2) is 92.1 Å². The monoisotopic (exact) mass is 579 g/mol. The molecule has 1 atom stereocenters. The van der Waals surface area contributed by atoms with E-state index in [-0.39, 0.29) is 17.8 Å². The van der Waals surface area contributed by atoms with Crippen LogP contribution < -0.4 is 4.90 Å². The van der Waals surface area contributed by atoms with Gasteiger partial charge in [0.25, 0.3) is 5.91 Å². The number of ether oxygens (including phenoxy) is 1. The molecule has 0 aliphatic carbocycles. The molecule has 0 bridgehead atoms. The summed E-state index contributed by atoms with van der Waals surface area (Å²) in [7, 11) is 1.65. The van der Waals surface area contributed by atoms with Gasteiger partial charge in [-0.3, -0.25) is 18.9 Å². The van der Waals surface area contributed by atoms with Crippen molar-refractivity contribution in [2.75, 3.05) is 44.8 Å². The number of alkyl halides is 3. The maximum Gasteiger partial charge on any atom is 0.417 e. The fourth-order valence-electron chi connectivity index (χ4n) is 5.21. The molecule has 2 aliphatic rings. The third-order valence-corrected chi connectivity index (χ3v) is 7.34. The molecule has 0 spiro atoms. The number of piperazine rings is 1. The number of hydrogen-bond donors (Lipinski definition) is 0. The summed E-state index contributed by atoms with van der Waals surface area (Å²) in [6, 6.07) is 3.79. The van der Waals surface area contributed by atoms with Crippen LogP contribution in [0.5, 0.6) is 0 Å². The number of carbonyl (C=O) groups excluding carboxylic acids is 1. The highest BCUT2D eigenvalue weighted by atomic mass is 19.4. The lowest BCUT2D eigenvalue weighted by molar-refractivity contribution is -0.137. The molecule has 1 saturated heterocycles. The van der Waals surface area contributed by atoms with Gasteiger partial charge in [-0.2, -0.15) is 18.3 Å². The number of carbonyl (C=O) groups is 1. The van der Waals surface area contributed by atoms with Gasteiger partial charge < -0.3 is 14.5 Å². The Morgan fingerprint density at radius 3 is 2.79 bits per heavy atom. The molecule has 14 heteroatoms. The van der Waals surface area contributed by atoms with Crippen LogP contribution in [0, 0.1) is 0 Å². The SMILES string of the molecule is COCCCn1cc(C(=O)N2CCN(c3ccnc(-c4cnc5ccc(C(F)(F)F)cn45)n3)CC2C2=CCN=C2)cn1. The van der Waals surface area contributed by atoms with Crippen molar-refractivity contribution in [3.05, 3.63) is 72.0 Å². The van der Waals surface area contributed by atoms with Gasteiger partial charge >= 0.3 is 6.18 Å². The number of hydrogen-bond acceptors (Lipinski definition) is 8. The molecule has 2 aliphatic heterocycles. The number of aliphatic imine (C=N–C) groups is 1. The van der Waals surface area contributed by atoms with E-state index in [1.54, 1.807) is 42.7 Å². The van der Waals surface area contributed by atoms with Crippen molar-refractivity contribution in [2.24, 2.45) is 4.99 Å². The third-order valence-electron chi connectivity index (χ3n) is 7.34. The predicted octanol–water partition coefficient (Wildman–Crippen LogP) is 3.38. The van der Waals surface area contributed by atoms with E-state index < -0.39 is 11.7 Å². The molecule has 1 unspecified atom stereocenters. The fourth-order valence-corrected chi connectivity index (χ4v) is 5.21. The van der Waals surface area contributed by atoms with Crippen LogP contribution in [0.25, 0.3) is 17.2 Å². The van der Waals surface area contributed by atoms with Crippen molar-refractivity contribution in [2.45, 2.75) is 25.2 Å². The first-order chi connectivity index (χ1) is 20.3. The summed E-state index contributed by atoms with van der Waals surface area (Å²) in [6.07, 6.45) is 7.48. The van der Waals surface area contributed by atoms with Crippen LogP contribution in [0.1, 0.15) is 22.3 Å². The summed E-state index contributed by atoms with van der Waals surface area (Å²) in [5, 5.41) is 4.34. The second-order valence-corrected chi connectivity index (χ2v) is 10.0. The summed E-state index contributed by atoms with van der Waals surface area (Å²) in [5.41, 5.74) is 1.36. The number of nitrogens with zero attached hydrogens (tertiary/aromatic N) is 9. The maximum atomic E-state index is 13.6. The molecular weight excluding hydrogens is 551 g/mol. The van der Waals surface area contributed by atoms with Crippen LogP contribution in [0.4, 0.5) is 19.0 Å². The van der Waals surface area contributed by atoms with E-state index in [1.807, 2.05) is 15.9 Å². The fraction of sp³-hybridized carbons (Fsp3) is 0.357. The number of pyridine rings is 1. The minimum absolute atomic E-state index is 0.117. The molecule has 4 aromatic rings. The molecule has 0 saturated carbocycles. The second-order valence-electron chi connectivity index (χ2n) is 10.0. The highest BCUT2D eigenvalue weighted by Gasteiger charge is 2.35. The zero-order valence-corrected chi connectivity index (χ0v) is 22.8.